The van der Waals surface area contributed by atoms with Crippen molar-refractivity contribution in [2.75, 3.05) is 6.54 Å². The Morgan fingerprint density at radius 3 is 2.67 bits per heavy atom. The van der Waals surface area contributed by atoms with Crippen molar-refractivity contribution < 1.29 is 9.90 Å². The minimum atomic E-state index is -0.974. The van der Waals surface area contributed by atoms with Crippen molar-refractivity contribution in [2.24, 2.45) is 5.10 Å². The molecule has 0 aliphatic heterocycles. The maximum atomic E-state index is 10.2. The molecule has 0 unspecified atom stereocenters. The van der Waals surface area contributed by atoms with Gasteiger partial charge in [0.25, 0.3) is 0 Å². The fraction of sp³-hybridized carbons (Fsp3) is 0.750. The molecular formula is C8H16N2O2. The summed E-state index contributed by atoms with van der Waals surface area (Å²) in [5.74, 6) is -0.974. The number of carbonyl (C=O) groups is 1. The molecule has 70 valence electrons. The monoisotopic (exact) mass is 172 g/mol. The van der Waals surface area contributed by atoms with Gasteiger partial charge in [0.15, 0.2) is 0 Å². The molecular weight excluding hydrogens is 156 g/mol. The van der Waals surface area contributed by atoms with Crippen LogP contribution in [-0.4, -0.2) is 23.3 Å². The fourth-order valence-electron chi connectivity index (χ4n) is 0.676. The van der Waals surface area contributed by atoms with Gasteiger partial charge in [0.2, 0.25) is 0 Å². The number of hydrogen-bond donors (Lipinski definition) is 2. The molecule has 0 rings (SSSR count). The molecule has 0 heterocycles. The minimum Gasteiger partial charge on any atom is -0.477 e. The Kier molecular flexibility index (Phi) is 6.05. The Morgan fingerprint density at radius 1 is 1.50 bits per heavy atom. The van der Waals surface area contributed by atoms with Gasteiger partial charge in [-0.2, -0.15) is 5.10 Å². The van der Waals surface area contributed by atoms with E-state index in [-0.39, 0.29) is 5.71 Å². The first-order valence-electron chi connectivity index (χ1n) is 4.19. The van der Waals surface area contributed by atoms with Crippen LogP contribution in [0.5, 0.6) is 0 Å². The topological polar surface area (TPSA) is 61.7 Å². The van der Waals surface area contributed by atoms with Gasteiger partial charge in [-0.1, -0.05) is 19.8 Å². The van der Waals surface area contributed by atoms with Crippen molar-refractivity contribution in [3.05, 3.63) is 0 Å². The molecule has 0 amide bonds. The number of carboxylic acid groups (broad SMARTS) is 1. The highest BCUT2D eigenvalue weighted by molar-refractivity contribution is 6.34. The number of nitrogens with one attached hydrogen (secondary N) is 1. The van der Waals surface area contributed by atoms with E-state index in [2.05, 4.69) is 17.5 Å². The molecule has 12 heavy (non-hydrogen) atoms. The fourth-order valence-corrected chi connectivity index (χ4v) is 0.676. The average Bonchev–Trinajstić information content (AvgIpc) is 2.03. The summed E-state index contributed by atoms with van der Waals surface area (Å²) in [6, 6.07) is 0. The third kappa shape index (κ3) is 5.70. The second-order valence-corrected chi connectivity index (χ2v) is 2.62. The molecule has 0 saturated heterocycles. The van der Waals surface area contributed by atoms with Gasteiger partial charge in [-0.05, 0) is 13.3 Å². The van der Waals surface area contributed by atoms with Gasteiger partial charge in [-0.25, -0.2) is 4.79 Å². The highest BCUT2D eigenvalue weighted by Gasteiger charge is 1.99. The summed E-state index contributed by atoms with van der Waals surface area (Å²) in [6.07, 6.45) is 3.34. The standard InChI is InChI=1S/C8H16N2O2/c1-3-4-5-6-9-10-7(2)8(11)12/h9H,3-6H2,1-2H3,(H,11,12)/b10-7-. The Morgan fingerprint density at radius 2 is 2.17 bits per heavy atom. The van der Waals surface area contributed by atoms with Crippen LogP contribution in [0.25, 0.3) is 0 Å². The molecule has 0 saturated carbocycles. The Labute approximate surface area is 72.7 Å². The van der Waals surface area contributed by atoms with E-state index >= 15 is 0 Å². The van der Waals surface area contributed by atoms with E-state index < -0.39 is 5.97 Å². The molecule has 0 aromatic heterocycles. The van der Waals surface area contributed by atoms with E-state index in [1.807, 2.05) is 0 Å². The van der Waals surface area contributed by atoms with Crippen LogP contribution in [0.2, 0.25) is 0 Å². The van der Waals surface area contributed by atoms with E-state index in [0.717, 1.165) is 25.8 Å². The zero-order valence-corrected chi connectivity index (χ0v) is 7.63. The van der Waals surface area contributed by atoms with E-state index in [1.54, 1.807) is 0 Å². The van der Waals surface area contributed by atoms with Gasteiger partial charge in [0.1, 0.15) is 5.71 Å². The van der Waals surface area contributed by atoms with Crippen LogP contribution in [0.3, 0.4) is 0 Å². The summed E-state index contributed by atoms with van der Waals surface area (Å²) in [4.78, 5) is 10.2. The lowest BCUT2D eigenvalue weighted by Gasteiger charge is -1.99. The van der Waals surface area contributed by atoms with E-state index in [0.29, 0.717) is 0 Å². The maximum Gasteiger partial charge on any atom is 0.351 e. The first-order valence-corrected chi connectivity index (χ1v) is 4.19. The van der Waals surface area contributed by atoms with Crippen LogP contribution in [0.1, 0.15) is 33.1 Å². The van der Waals surface area contributed by atoms with Gasteiger partial charge in [0, 0.05) is 6.54 Å². The molecule has 2 N–H and O–H groups in total. The smallest absolute Gasteiger partial charge is 0.351 e. The predicted octanol–water partition coefficient (Wildman–Crippen LogP) is 1.23. The minimum absolute atomic E-state index is 0.103. The zero-order chi connectivity index (χ0) is 9.40. The number of hydrazone groups is 1. The predicted molar refractivity (Wildman–Crippen MR) is 48.3 cm³/mol. The van der Waals surface area contributed by atoms with Crippen LogP contribution in [0.15, 0.2) is 5.10 Å². The third-order valence-electron chi connectivity index (χ3n) is 1.45. The van der Waals surface area contributed by atoms with Crippen molar-refractivity contribution >= 4 is 11.7 Å². The summed E-state index contributed by atoms with van der Waals surface area (Å²) >= 11 is 0. The van der Waals surface area contributed by atoms with Crippen molar-refractivity contribution in [2.45, 2.75) is 33.1 Å². The molecule has 4 heteroatoms. The summed E-state index contributed by atoms with van der Waals surface area (Å²) in [6.45, 7) is 4.33. The number of carboxylic acids is 1. The summed E-state index contributed by atoms with van der Waals surface area (Å²) < 4.78 is 0. The number of aliphatic carboxylic acids is 1. The van der Waals surface area contributed by atoms with Crippen LogP contribution in [0.4, 0.5) is 0 Å². The first kappa shape index (κ1) is 10.9. The van der Waals surface area contributed by atoms with Gasteiger partial charge in [0.05, 0.1) is 0 Å². The Hall–Kier alpha value is -1.06. The average molecular weight is 172 g/mol. The molecule has 0 aliphatic rings. The second kappa shape index (κ2) is 6.64. The summed E-state index contributed by atoms with van der Waals surface area (Å²) in [5.41, 5.74) is 2.81. The van der Waals surface area contributed by atoms with Crippen molar-refractivity contribution in [1.82, 2.24) is 5.43 Å². The van der Waals surface area contributed by atoms with Crippen molar-refractivity contribution in [3.63, 3.8) is 0 Å². The highest BCUT2D eigenvalue weighted by atomic mass is 16.4. The lowest BCUT2D eigenvalue weighted by atomic mass is 10.2. The lowest BCUT2D eigenvalue weighted by Crippen LogP contribution is -2.15. The molecule has 4 nitrogen and oxygen atoms in total. The summed E-state index contributed by atoms with van der Waals surface area (Å²) in [7, 11) is 0. The van der Waals surface area contributed by atoms with E-state index in [1.165, 1.54) is 6.92 Å². The quantitative estimate of drug-likeness (QED) is 0.360. The Bertz CT molecular complexity index is 166. The van der Waals surface area contributed by atoms with Gasteiger partial charge >= 0.3 is 5.97 Å². The normalized spacial score (nSPS) is 11.3. The second-order valence-electron chi connectivity index (χ2n) is 2.62. The molecule has 0 bridgehead atoms. The zero-order valence-electron chi connectivity index (χ0n) is 7.63. The van der Waals surface area contributed by atoms with Gasteiger partial charge in [-0.3, -0.25) is 0 Å². The Balaban J connectivity index is 3.40. The SMILES string of the molecule is CCCCCN/N=C(/C)C(=O)O. The van der Waals surface area contributed by atoms with Crippen molar-refractivity contribution in [1.29, 1.82) is 0 Å². The van der Waals surface area contributed by atoms with E-state index in [9.17, 15) is 4.79 Å². The largest absolute Gasteiger partial charge is 0.477 e. The first-order chi connectivity index (χ1) is 5.68. The van der Waals surface area contributed by atoms with E-state index in [4.69, 9.17) is 5.11 Å². The van der Waals surface area contributed by atoms with Crippen molar-refractivity contribution in [3.8, 4) is 0 Å². The number of unbranched alkanes of at least 4 members (excludes halogenated alkanes) is 2. The molecule has 0 spiro atoms. The molecule has 0 aromatic carbocycles. The van der Waals surface area contributed by atoms with Gasteiger partial charge < -0.3 is 10.5 Å². The maximum absolute atomic E-state index is 10.2. The third-order valence-corrected chi connectivity index (χ3v) is 1.45. The molecule has 0 radical (unpaired) electrons. The molecule has 0 aromatic rings. The van der Waals surface area contributed by atoms with Crippen LogP contribution >= 0.6 is 0 Å². The number of rotatable bonds is 6. The summed E-state index contributed by atoms with van der Waals surface area (Å²) in [5, 5.41) is 12.1. The number of hydrogen-bond acceptors (Lipinski definition) is 3. The lowest BCUT2D eigenvalue weighted by molar-refractivity contribution is -0.129. The van der Waals surface area contributed by atoms with Crippen LogP contribution < -0.4 is 5.43 Å². The van der Waals surface area contributed by atoms with Gasteiger partial charge in [-0.15, -0.1) is 0 Å². The van der Waals surface area contributed by atoms with Crippen LogP contribution in [-0.2, 0) is 4.79 Å². The highest BCUT2D eigenvalue weighted by Crippen LogP contribution is 1.90. The molecule has 0 atom stereocenters. The molecule has 0 fully saturated rings. The van der Waals surface area contributed by atoms with Crippen LogP contribution in [0, 0.1) is 0 Å². The molecule has 0 aliphatic carbocycles. The number of nitrogens with zero attached hydrogens (tertiary/aromatic N) is 1.